The molecule has 0 radical (unpaired) electrons. The van der Waals surface area contributed by atoms with Gasteiger partial charge in [-0.25, -0.2) is 4.98 Å². The number of rotatable bonds is 9. The van der Waals surface area contributed by atoms with Crippen molar-refractivity contribution in [3.05, 3.63) is 22.4 Å². The lowest BCUT2D eigenvalue weighted by atomic mass is 10.1. The fraction of sp³-hybridized carbons (Fsp3) is 0.643. The van der Waals surface area contributed by atoms with Gasteiger partial charge in [0.25, 0.3) is 0 Å². The van der Waals surface area contributed by atoms with Crippen molar-refractivity contribution in [1.82, 2.24) is 9.88 Å². The van der Waals surface area contributed by atoms with Gasteiger partial charge in [-0.2, -0.15) is 0 Å². The van der Waals surface area contributed by atoms with Gasteiger partial charge in [0.05, 0.1) is 4.92 Å². The van der Waals surface area contributed by atoms with Gasteiger partial charge < -0.3 is 16.0 Å². The van der Waals surface area contributed by atoms with Crippen LogP contribution in [0.1, 0.15) is 33.6 Å². The average molecular weight is 295 g/mol. The Labute approximate surface area is 125 Å². The van der Waals surface area contributed by atoms with Gasteiger partial charge in [-0.05, 0) is 45.5 Å². The minimum atomic E-state index is -0.493. The molecule has 0 saturated carbocycles. The molecule has 0 amide bonds. The quantitative estimate of drug-likeness (QED) is 0.536. The minimum absolute atomic E-state index is 0.105. The lowest BCUT2D eigenvalue weighted by Crippen LogP contribution is -2.26. The van der Waals surface area contributed by atoms with Gasteiger partial charge in [-0.3, -0.25) is 10.1 Å². The maximum Gasteiger partial charge on any atom is 0.333 e. The number of nitrogens with two attached hydrogens (primary N) is 1. The number of aromatic nitrogens is 1. The largest absolute Gasteiger partial charge is 0.393 e. The zero-order valence-corrected chi connectivity index (χ0v) is 13.0. The van der Waals surface area contributed by atoms with Crippen LogP contribution in [0.5, 0.6) is 0 Å². The molecule has 7 heteroatoms. The second-order valence-electron chi connectivity index (χ2n) is 5.07. The maximum absolute atomic E-state index is 11.0. The molecular formula is C14H25N5O2. The maximum atomic E-state index is 11.0. The number of pyridine rings is 1. The third-order valence-corrected chi connectivity index (χ3v) is 3.53. The molecule has 0 fully saturated rings. The first-order valence-electron chi connectivity index (χ1n) is 7.37. The van der Waals surface area contributed by atoms with Gasteiger partial charge in [0.2, 0.25) is 5.82 Å². The predicted octanol–water partition coefficient (Wildman–Crippen LogP) is 2.49. The molecular weight excluding hydrogens is 270 g/mol. The third kappa shape index (κ3) is 5.18. The number of nitrogen functional groups attached to an aromatic ring is 1. The first-order chi connectivity index (χ1) is 9.99. The van der Waals surface area contributed by atoms with E-state index in [2.05, 4.69) is 29.0 Å². The van der Waals surface area contributed by atoms with E-state index in [9.17, 15) is 10.1 Å². The van der Waals surface area contributed by atoms with Crippen LogP contribution in [0.4, 0.5) is 17.2 Å². The fourth-order valence-electron chi connectivity index (χ4n) is 2.23. The van der Waals surface area contributed by atoms with E-state index >= 15 is 0 Å². The van der Waals surface area contributed by atoms with Crippen molar-refractivity contribution in [3.63, 3.8) is 0 Å². The van der Waals surface area contributed by atoms with E-state index in [1.54, 1.807) is 0 Å². The molecule has 21 heavy (non-hydrogen) atoms. The van der Waals surface area contributed by atoms with Crippen molar-refractivity contribution >= 4 is 17.2 Å². The minimum Gasteiger partial charge on any atom is -0.393 e. The third-order valence-electron chi connectivity index (χ3n) is 3.53. The van der Waals surface area contributed by atoms with Gasteiger partial charge in [0.1, 0.15) is 5.69 Å². The highest BCUT2D eigenvalue weighted by atomic mass is 16.6. The van der Waals surface area contributed by atoms with Crippen LogP contribution in [0, 0.1) is 10.1 Å². The van der Waals surface area contributed by atoms with E-state index in [0.29, 0.717) is 0 Å². The molecule has 118 valence electrons. The summed E-state index contributed by atoms with van der Waals surface area (Å²) in [5.41, 5.74) is 5.63. The van der Waals surface area contributed by atoms with Crippen molar-refractivity contribution < 1.29 is 4.92 Å². The Bertz CT molecular complexity index is 463. The van der Waals surface area contributed by atoms with Crippen molar-refractivity contribution in [2.75, 3.05) is 30.7 Å². The van der Waals surface area contributed by atoms with Crippen molar-refractivity contribution in [1.29, 1.82) is 0 Å². The van der Waals surface area contributed by atoms with Crippen molar-refractivity contribution in [2.24, 2.45) is 0 Å². The highest BCUT2D eigenvalue weighted by Gasteiger charge is 2.20. The smallest absolute Gasteiger partial charge is 0.333 e. The summed E-state index contributed by atoms with van der Waals surface area (Å²) < 4.78 is 0. The van der Waals surface area contributed by atoms with Crippen LogP contribution >= 0.6 is 0 Å². The predicted molar refractivity (Wildman–Crippen MR) is 85.4 cm³/mol. The summed E-state index contributed by atoms with van der Waals surface area (Å²) >= 11 is 0. The Hall–Kier alpha value is -1.89. The highest BCUT2D eigenvalue weighted by Crippen LogP contribution is 2.28. The van der Waals surface area contributed by atoms with E-state index in [1.807, 2.05) is 6.92 Å². The molecule has 1 rings (SSSR count). The molecule has 1 unspecified atom stereocenters. The summed E-state index contributed by atoms with van der Waals surface area (Å²) in [4.78, 5) is 16.9. The van der Waals surface area contributed by atoms with Crippen molar-refractivity contribution in [2.45, 2.75) is 39.7 Å². The molecule has 1 aromatic rings. The van der Waals surface area contributed by atoms with E-state index in [0.717, 1.165) is 32.5 Å². The summed E-state index contributed by atoms with van der Waals surface area (Å²) in [5.74, 6) is 0.246. The molecule has 0 bridgehead atoms. The Morgan fingerprint density at radius 2 is 2.14 bits per heavy atom. The van der Waals surface area contributed by atoms with E-state index in [1.165, 1.54) is 12.3 Å². The van der Waals surface area contributed by atoms with Crippen LogP contribution in [0.2, 0.25) is 0 Å². The van der Waals surface area contributed by atoms with Gasteiger partial charge in [-0.1, -0.05) is 13.8 Å². The van der Waals surface area contributed by atoms with Gasteiger partial charge in [0, 0.05) is 12.2 Å². The molecule has 0 aromatic carbocycles. The first kappa shape index (κ1) is 17.2. The Balaban J connectivity index is 2.57. The zero-order chi connectivity index (χ0) is 15.8. The number of nitro groups is 1. The molecule has 0 aliphatic heterocycles. The summed E-state index contributed by atoms with van der Waals surface area (Å²) in [6.07, 6.45) is 3.43. The number of anilines is 2. The molecule has 0 spiro atoms. The van der Waals surface area contributed by atoms with Crippen molar-refractivity contribution in [3.8, 4) is 0 Å². The first-order valence-corrected chi connectivity index (χ1v) is 7.37. The zero-order valence-electron chi connectivity index (χ0n) is 13.0. The second kappa shape index (κ2) is 8.41. The summed E-state index contributed by atoms with van der Waals surface area (Å²) in [6.45, 7) is 9.40. The van der Waals surface area contributed by atoms with Gasteiger partial charge >= 0.3 is 5.69 Å². The van der Waals surface area contributed by atoms with E-state index in [4.69, 9.17) is 5.73 Å². The molecule has 1 heterocycles. The molecule has 7 nitrogen and oxygen atoms in total. The van der Waals surface area contributed by atoms with Crippen LogP contribution in [-0.4, -0.2) is 40.5 Å². The second-order valence-corrected chi connectivity index (χ2v) is 5.07. The SMILES string of the molecule is CCN(CC)CCCC(C)Nc1nccc(N)c1[N+](=O)[O-]. The lowest BCUT2D eigenvalue weighted by Gasteiger charge is -2.20. The van der Waals surface area contributed by atoms with Crippen LogP contribution in [0.25, 0.3) is 0 Å². The Morgan fingerprint density at radius 1 is 1.48 bits per heavy atom. The van der Waals surface area contributed by atoms with Gasteiger partial charge in [0.15, 0.2) is 0 Å². The molecule has 0 saturated heterocycles. The van der Waals surface area contributed by atoms with Gasteiger partial charge in [-0.15, -0.1) is 0 Å². The number of hydrogen-bond donors (Lipinski definition) is 2. The molecule has 1 aromatic heterocycles. The molecule has 3 N–H and O–H groups in total. The molecule has 0 aliphatic carbocycles. The van der Waals surface area contributed by atoms with Crippen LogP contribution in [0.15, 0.2) is 12.3 Å². The highest BCUT2D eigenvalue weighted by molar-refractivity contribution is 5.70. The van der Waals surface area contributed by atoms with E-state index < -0.39 is 4.92 Å². The van der Waals surface area contributed by atoms with Crippen LogP contribution < -0.4 is 11.1 Å². The summed E-state index contributed by atoms with van der Waals surface area (Å²) in [5, 5.41) is 14.1. The van der Waals surface area contributed by atoms with Crippen LogP contribution in [0.3, 0.4) is 0 Å². The Kier molecular flexibility index (Phi) is 6.87. The van der Waals surface area contributed by atoms with Crippen LogP contribution in [-0.2, 0) is 0 Å². The monoisotopic (exact) mass is 295 g/mol. The van der Waals surface area contributed by atoms with E-state index in [-0.39, 0.29) is 23.2 Å². The number of nitrogens with one attached hydrogen (secondary N) is 1. The molecule has 0 aliphatic rings. The standard InChI is InChI=1S/C14H25N5O2/c1-4-18(5-2)10-6-7-11(3)17-14-13(19(20)21)12(15)8-9-16-14/h8-9,11H,4-7,10H2,1-3H3,(H3,15,16,17). The topological polar surface area (TPSA) is 97.3 Å². The average Bonchev–Trinajstić information content (AvgIpc) is 2.43. The Morgan fingerprint density at radius 3 is 2.71 bits per heavy atom. The number of hydrogen-bond acceptors (Lipinski definition) is 6. The fourth-order valence-corrected chi connectivity index (χ4v) is 2.23. The molecule has 1 atom stereocenters. The summed E-state index contributed by atoms with van der Waals surface area (Å²) in [7, 11) is 0. The summed E-state index contributed by atoms with van der Waals surface area (Å²) in [6, 6.07) is 1.54. The lowest BCUT2D eigenvalue weighted by molar-refractivity contribution is -0.383. The number of nitrogens with zero attached hydrogens (tertiary/aromatic N) is 3. The normalized spacial score (nSPS) is 12.4.